The smallest absolute Gasteiger partial charge is 0.387 e. The van der Waals surface area contributed by atoms with E-state index in [-0.39, 0.29) is 24.0 Å². The maximum Gasteiger partial charge on any atom is 0.387 e. The summed E-state index contributed by atoms with van der Waals surface area (Å²) >= 11 is 0. The standard InChI is InChI=1S/C20H22F2N2O3/c1-26-18-10-14(6-7-17(18)27-20(21)22)11-23-19(25)13-24-9-8-15-4-2-3-5-16(15)12-24/h2-7,10,20H,8-9,11-13H2,1H3,(H,23,25). The fourth-order valence-electron chi connectivity index (χ4n) is 3.16. The van der Waals surface area contributed by atoms with Gasteiger partial charge in [0.15, 0.2) is 11.5 Å². The third kappa shape index (κ3) is 5.17. The van der Waals surface area contributed by atoms with Crippen LogP contribution in [0.15, 0.2) is 42.5 Å². The van der Waals surface area contributed by atoms with E-state index >= 15 is 0 Å². The quantitative estimate of drug-likeness (QED) is 0.807. The number of halogens is 2. The van der Waals surface area contributed by atoms with Gasteiger partial charge in [-0.05, 0) is 35.2 Å². The molecule has 1 amide bonds. The van der Waals surface area contributed by atoms with Gasteiger partial charge in [-0.25, -0.2) is 0 Å². The van der Waals surface area contributed by atoms with Crippen molar-refractivity contribution in [3.8, 4) is 11.5 Å². The number of ether oxygens (including phenoxy) is 2. The van der Waals surface area contributed by atoms with Gasteiger partial charge in [0.1, 0.15) is 0 Å². The molecule has 1 heterocycles. The summed E-state index contributed by atoms with van der Waals surface area (Å²) in [5.41, 5.74) is 3.34. The first-order chi connectivity index (χ1) is 13.0. The lowest BCUT2D eigenvalue weighted by atomic mass is 10.00. The average Bonchev–Trinajstić information content (AvgIpc) is 2.66. The number of benzene rings is 2. The molecule has 1 aliphatic heterocycles. The number of hydrogen-bond acceptors (Lipinski definition) is 4. The van der Waals surface area contributed by atoms with Crippen LogP contribution in [-0.4, -0.2) is 37.6 Å². The largest absolute Gasteiger partial charge is 0.493 e. The third-order valence-corrected chi connectivity index (χ3v) is 4.51. The van der Waals surface area contributed by atoms with Gasteiger partial charge >= 0.3 is 6.61 Å². The van der Waals surface area contributed by atoms with Gasteiger partial charge < -0.3 is 14.8 Å². The average molecular weight is 376 g/mol. The molecule has 0 unspecified atom stereocenters. The maximum absolute atomic E-state index is 12.4. The van der Waals surface area contributed by atoms with Crippen LogP contribution in [0.2, 0.25) is 0 Å². The molecule has 2 aromatic rings. The highest BCUT2D eigenvalue weighted by Gasteiger charge is 2.18. The van der Waals surface area contributed by atoms with Gasteiger partial charge in [0.05, 0.1) is 13.7 Å². The van der Waals surface area contributed by atoms with Crippen molar-refractivity contribution in [3.63, 3.8) is 0 Å². The molecule has 1 aliphatic rings. The van der Waals surface area contributed by atoms with Gasteiger partial charge in [-0.2, -0.15) is 8.78 Å². The van der Waals surface area contributed by atoms with Crippen molar-refractivity contribution >= 4 is 5.91 Å². The summed E-state index contributed by atoms with van der Waals surface area (Å²) in [5, 5.41) is 2.86. The number of carbonyl (C=O) groups is 1. The monoisotopic (exact) mass is 376 g/mol. The van der Waals surface area contributed by atoms with Crippen molar-refractivity contribution in [1.82, 2.24) is 10.2 Å². The molecule has 0 atom stereocenters. The Morgan fingerprint density at radius 3 is 2.70 bits per heavy atom. The second kappa shape index (κ2) is 8.81. The normalized spacial score (nSPS) is 13.9. The number of hydrogen-bond donors (Lipinski definition) is 1. The topological polar surface area (TPSA) is 50.8 Å². The van der Waals surface area contributed by atoms with Gasteiger partial charge in [0.25, 0.3) is 0 Å². The van der Waals surface area contributed by atoms with E-state index in [1.54, 1.807) is 12.1 Å². The highest BCUT2D eigenvalue weighted by molar-refractivity contribution is 5.78. The molecule has 0 radical (unpaired) electrons. The number of carbonyl (C=O) groups excluding carboxylic acids is 1. The van der Waals surface area contributed by atoms with E-state index in [0.29, 0.717) is 6.54 Å². The van der Waals surface area contributed by atoms with Crippen LogP contribution in [0.5, 0.6) is 11.5 Å². The summed E-state index contributed by atoms with van der Waals surface area (Å²) in [6.07, 6.45) is 0.937. The lowest BCUT2D eigenvalue weighted by Gasteiger charge is -2.28. The Morgan fingerprint density at radius 1 is 1.19 bits per heavy atom. The zero-order valence-electron chi connectivity index (χ0n) is 15.1. The van der Waals surface area contributed by atoms with E-state index in [1.807, 2.05) is 12.1 Å². The molecule has 1 N–H and O–H groups in total. The molecule has 0 aromatic heterocycles. The number of methoxy groups -OCH3 is 1. The lowest BCUT2D eigenvalue weighted by molar-refractivity contribution is -0.122. The number of fused-ring (bicyclic) bond motifs is 1. The van der Waals surface area contributed by atoms with Gasteiger partial charge in [0, 0.05) is 19.6 Å². The Morgan fingerprint density at radius 2 is 1.96 bits per heavy atom. The van der Waals surface area contributed by atoms with Crippen LogP contribution < -0.4 is 14.8 Å². The van der Waals surface area contributed by atoms with Gasteiger partial charge in [-0.3, -0.25) is 9.69 Å². The first-order valence-corrected chi connectivity index (χ1v) is 8.72. The Hall–Kier alpha value is -2.67. The first-order valence-electron chi connectivity index (χ1n) is 8.72. The predicted octanol–water partition coefficient (Wildman–Crippen LogP) is 2.97. The van der Waals surface area contributed by atoms with Crippen LogP contribution in [-0.2, 0) is 24.3 Å². The molecule has 27 heavy (non-hydrogen) atoms. The first kappa shape index (κ1) is 19.1. The summed E-state index contributed by atoms with van der Waals surface area (Å²) < 4.78 is 34.2. The summed E-state index contributed by atoms with van der Waals surface area (Å²) in [7, 11) is 1.38. The SMILES string of the molecule is COc1cc(CNC(=O)CN2CCc3ccccc3C2)ccc1OC(F)F. The molecule has 0 saturated heterocycles. The van der Waals surface area contributed by atoms with Crippen LogP contribution >= 0.6 is 0 Å². The minimum atomic E-state index is -2.92. The molecule has 3 rings (SSSR count). The van der Waals surface area contributed by atoms with E-state index in [9.17, 15) is 13.6 Å². The molecule has 2 aromatic carbocycles. The Bertz CT molecular complexity index is 799. The van der Waals surface area contributed by atoms with Crippen molar-refractivity contribution in [2.75, 3.05) is 20.2 Å². The third-order valence-electron chi connectivity index (χ3n) is 4.51. The van der Waals surface area contributed by atoms with E-state index in [4.69, 9.17) is 4.74 Å². The van der Waals surface area contributed by atoms with E-state index in [0.717, 1.165) is 25.1 Å². The van der Waals surface area contributed by atoms with E-state index in [1.165, 1.54) is 24.3 Å². The Kier molecular flexibility index (Phi) is 6.24. The number of alkyl halides is 2. The van der Waals surface area contributed by atoms with Crippen LogP contribution in [0.4, 0.5) is 8.78 Å². The van der Waals surface area contributed by atoms with Crippen molar-refractivity contribution in [1.29, 1.82) is 0 Å². The Balaban J connectivity index is 1.52. The van der Waals surface area contributed by atoms with Crippen molar-refractivity contribution in [3.05, 3.63) is 59.2 Å². The van der Waals surface area contributed by atoms with Crippen LogP contribution in [0.3, 0.4) is 0 Å². The summed E-state index contributed by atoms with van der Waals surface area (Å²) in [4.78, 5) is 14.4. The number of nitrogens with zero attached hydrogens (tertiary/aromatic N) is 1. The minimum absolute atomic E-state index is 0.0328. The Labute approximate surface area is 156 Å². The van der Waals surface area contributed by atoms with Gasteiger partial charge in [0.2, 0.25) is 5.91 Å². The van der Waals surface area contributed by atoms with E-state index in [2.05, 4.69) is 27.1 Å². The molecular formula is C20H22F2N2O3. The van der Waals surface area contributed by atoms with Gasteiger partial charge in [-0.15, -0.1) is 0 Å². The molecular weight excluding hydrogens is 354 g/mol. The fraction of sp³-hybridized carbons (Fsp3) is 0.350. The lowest BCUT2D eigenvalue weighted by Crippen LogP contribution is -2.39. The van der Waals surface area contributed by atoms with E-state index < -0.39 is 6.61 Å². The highest BCUT2D eigenvalue weighted by Crippen LogP contribution is 2.29. The van der Waals surface area contributed by atoms with Crippen molar-refractivity contribution < 1.29 is 23.0 Å². The molecule has 5 nitrogen and oxygen atoms in total. The fourth-order valence-corrected chi connectivity index (χ4v) is 3.16. The molecule has 0 aliphatic carbocycles. The van der Waals surface area contributed by atoms with Crippen molar-refractivity contribution in [2.24, 2.45) is 0 Å². The summed E-state index contributed by atoms with van der Waals surface area (Å²) in [6, 6.07) is 12.9. The number of rotatable bonds is 7. The molecule has 0 spiro atoms. The van der Waals surface area contributed by atoms with Crippen molar-refractivity contribution in [2.45, 2.75) is 26.1 Å². The maximum atomic E-state index is 12.4. The van der Waals surface area contributed by atoms with Crippen LogP contribution in [0.1, 0.15) is 16.7 Å². The summed E-state index contributed by atoms with van der Waals surface area (Å²) in [5.74, 6) is 0.0884. The summed E-state index contributed by atoms with van der Waals surface area (Å²) in [6.45, 7) is -0.708. The number of nitrogens with one attached hydrogen (secondary N) is 1. The molecule has 0 saturated carbocycles. The molecule has 7 heteroatoms. The predicted molar refractivity (Wildman–Crippen MR) is 96.9 cm³/mol. The molecule has 0 fully saturated rings. The highest BCUT2D eigenvalue weighted by atomic mass is 19.3. The van der Waals surface area contributed by atoms with Crippen LogP contribution in [0.25, 0.3) is 0 Å². The van der Waals surface area contributed by atoms with Gasteiger partial charge in [-0.1, -0.05) is 30.3 Å². The zero-order valence-corrected chi connectivity index (χ0v) is 15.1. The molecule has 144 valence electrons. The minimum Gasteiger partial charge on any atom is -0.493 e. The molecule has 0 bridgehead atoms. The zero-order chi connectivity index (χ0) is 19.2. The second-order valence-corrected chi connectivity index (χ2v) is 6.37. The second-order valence-electron chi connectivity index (χ2n) is 6.37. The van der Waals surface area contributed by atoms with Crippen LogP contribution in [0, 0.1) is 0 Å². The number of amides is 1.